The Hall–Kier alpha value is -1.36. The van der Waals surface area contributed by atoms with E-state index in [1.807, 2.05) is 20.8 Å². The number of rotatable bonds is 6. The highest BCUT2D eigenvalue weighted by molar-refractivity contribution is 5.81. The van der Waals surface area contributed by atoms with Crippen LogP contribution in [0.2, 0.25) is 0 Å². The Bertz CT molecular complexity index is 336. The highest BCUT2D eigenvalue weighted by Crippen LogP contribution is 2.03. The number of aryl methyl sites for hydroxylation is 1. The molecule has 16 heavy (non-hydrogen) atoms. The number of aromatic nitrogens is 1. The molecule has 0 bridgehead atoms. The summed E-state index contributed by atoms with van der Waals surface area (Å²) in [5, 5.41) is 5.80. The quantitative estimate of drug-likeness (QED) is 0.753. The van der Waals surface area contributed by atoms with Crippen molar-refractivity contribution >= 4 is 5.91 Å². The fourth-order valence-corrected chi connectivity index (χ4v) is 1.25. The molecule has 1 aromatic heterocycles. The van der Waals surface area contributed by atoms with Crippen LogP contribution in [0.5, 0.6) is 0 Å². The summed E-state index contributed by atoms with van der Waals surface area (Å²) < 4.78 is 5.42. The van der Waals surface area contributed by atoms with Crippen LogP contribution < -0.4 is 10.6 Å². The standard InChI is InChI=1S/C11H19N3O2/c1-4-9-6-14-10(16-9)7-13-8(3)11(15)12-5-2/h6,8,13H,4-5,7H2,1-3H3,(H,12,15). The van der Waals surface area contributed by atoms with Crippen molar-refractivity contribution in [3.8, 4) is 0 Å². The average Bonchev–Trinajstić information content (AvgIpc) is 2.74. The molecule has 5 heteroatoms. The van der Waals surface area contributed by atoms with Gasteiger partial charge in [-0.15, -0.1) is 0 Å². The van der Waals surface area contributed by atoms with Crippen LogP contribution in [-0.2, 0) is 17.8 Å². The maximum Gasteiger partial charge on any atom is 0.236 e. The van der Waals surface area contributed by atoms with Crippen molar-refractivity contribution < 1.29 is 9.21 Å². The lowest BCUT2D eigenvalue weighted by atomic mass is 10.3. The van der Waals surface area contributed by atoms with E-state index in [1.165, 1.54) is 0 Å². The van der Waals surface area contributed by atoms with Gasteiger partial charge in [-0.25, -0.2) is 4.98 Å². The van der Waals surface area contributed by atoms with Gasteiger partial charge in [0.25, 0.3) is 0 Å². The highest BCUT2D eigenvalue weighted by atomic mass is 16.4. The normalized spacial score (nSPS) is 12.4. The second-order valence-corrected chi connectivity index (χ2v) is 3.57. The summed E-state index contributed by atoms with van der Waals surface area (Å²) in [5.41, 5.74) is 0. The molecule has 0 aromatic carbocycles. The third kappa shape index (κ3) is 3.66. The van der Waals surface area contributed by atoms with Crippen LogP contribution in [0.1, 0.15) is 32.4 Å². The number of hydrogen-bond acceptors (Lipinski definition) is 4. The Labute approximate surface area is 95.6 Å². The van der Waals surface area contributed by atoms with E-state index in [2.05, 4.69) is 15.6 Å². The first kappa shape index (κ1) is 12.7. The molecule has 0 saturated carbocycles. The Balaban J connectivity index is 2.36. The van der Waals surface area contributed by atoms with E-state index >= 15 is 0 Å². The van der Waals surface area contributed by atoms with Crippen molar-refractivity contribution in [2.75, 3.05) is 6.54 Å². The molecular formula is C11H19N3O2. The lowest BCUT2D eigenvalue weighted by Crippen LogP contribution is -2.41. The molecule has 5 nitrogen and oxygen atoms in total. The van der Waals surface area contributed by atoms with Gasteiger partial charge >= 0.3 is 0 Å². The molecule has 1 aromatic rings. The topological polar surface area (TPSA) is 67.2 Å². The molecule has 1 atom stereocenters. The minimum atomic E-state index is -0.239. The number of oxazole rings is 1. The smallest absolute Gasteiger partial charge is 0.236 e. The van der Waals surface area contributed by atoms with Crippen LogP contribution >= 0.6 is 0 Å². The van der Waals surface area contributed by atoms with Gasteiger partial charge in [-0.3, -0.25) is 10.1 Å². The van der Waals surface area contributed by atoms with Crippen molar-refractivity contribution in [2.24, 2.45) is 0 Å². The second-order valence-electron chi connectivity index (χ2n) is 3.57. The predicted molar refractivity (Wildman–Crippen MR) is 60.9 cm³/mol. The molecule has 0 saturated heterocycles. The van der Waals surface area contributed by atoms with Crippen LogP contribution in [0, 0.1) is 0 Å². The zero-order chi connectivity index (χ0) is 12.0. The molecule has 90 valence electrons. The number of nitrogens with one attached hydrogen (secondary N) is 2. The summed E-state index contributed by atoms with van der Waals surface area (Å²) in [4.78, 5) is 15.5. The molecule has 2 N–H and O–H groups in total. The molecule has 0 radical (unpaired) electrons. The largest absolute Gasteiger partial charge is 0.444 e. The SMILES string of the molecule is CCNC(=O)C(C)NCc1ncc(CC)o1. The van der Waals surface area contributed by atoms with Gasteiger partial charge in [0.05, 0.1) is 18.8 Å². The molecular weight excluding hydrogens is 206 g/mol. The Morgan fingerprint density at radius 3 is 2.88 bits per heavy atom. The number of likely N-dealkylation sites (N-methyl/N-ethyl adjacent to an activating group) is 1. The Kier molecular flexibility index (Phi) is 4.98. The summed E-state index contributed by atoms with van der Waals surface area (Å²) in [7, 11) is 0. The van der Waals surface area contributed by atoms with E-state index in [4.69, 9.17) is 4.42 Å². The maximum atomic E-state index is 11.4. The van der Waals surface area contributed by atoms with Crippen LogP contribution in [0.15, 0.2) is 10.6 Å². The number of hydrogen-bond donors (Lipinski definition) is 2. The summed E-state index contributed by atoms with van der Waals surface area (Å²) in [6, 6.07) is -0.239. The van der Waals surface area contributed by atoms with Crippen LogP contribution in [0.4, 0.5) is 0 Å². The average molecular weight is 225 g/mol. The van der Waals surface area contributed by atoms with Gasteiger partial charge < -0.3 is 9.73 Å². The van der Waals surface area contributed by atoms with E-state index in [0.29, 0.717) is 19.0 Å². The first-order valence-corrected chi connectivity index (χ1v) is 5.62. The van der Waals surface area contributed by atoms with Crippen molar-refractivity contribution in [3.05, 3.63) is 17.8 Å². The summed E-state index contributed by atoms with van der Waals surface area (Å²) >= 11 is 0. The van der Waals surface area contributed by atoms with E-state index in [9.17, 15) is 4.79 Å². The fourth-order valence-electron chi connectivity index (χ4n) is 1.25. The van der Waals surface area contributed by atoms with E-state index in [0.717, 1.165) is 12.2 Å². The third-order valence-corrected chi connectivity index (χ3v) is 2.25. The summed E-state index contributed by atoms with van der Waals surface area (Å²) in [6.45, 7) is 6.83. The second kappa shape index (κ2) is 6.27. The van der Waals surface area contributed by atoms with Crippen molar-refractivity contribution in [2.45, 2.75) is 39.8 Å². The summed E-state index contributed by atoms with van der Waals surface area (Å²) in [5.74, 6) is 1.47. The number of amides is 1. The molecule has 1 unspecified atom stereocenters. The van der Waals surface area contributed by atoms with E-state index in [1.54, 1.807) is 6.20 Å². The lowest BCUT2D eigenvalue weighted by Gasteiger charge is -2.11. The predicted octanol–water partition coefficient (Wildman–Crippen LogP) is 0.851. The molecule has 0 aliphatic heterocycles. The molecule has 0 fully saturated rings. The Morgan fingerprint density at radius 1 is 1.56 bits per heavy atom. The number of carbonyl (C=O) groups excluding carboxylic acids is 1. The monoisotopic (exact) mass is 225 g/mol. The molecule has 1 heterocycles. The molecule has 0 aliphatic carbocycles. The highest BCUT2D eigenvalue weighted by Gasteiger charge is 2.12. The first-order valence-electron chi connectivity index (χ1n) is 5.62. The van der Waals surface area contributed by atoms with Gasteiger partial charge in [-0.1, -0.05) is 6.92 Å². The minimum Gasteiger partial charge on any atom is -0.444 e. The molecule has 1 rings (SSSR count). The van der Waals surface area contributed by atoms with Gasteiger partial charge in [0.2, 0.25) is 11.8 Å². The van der Waals surface area contributed by atoms with Gasteiger partial charge in [-0.2, -0.15) is 0 Å². The number of carbonyl (C=O) groups is 1. The first-order chi connectivity index (χ1) is 7.67. The van der Waals surface area contributed by atoms with Gasteiger partial charge in [0.1, 0.15) is 5.76 Å². The molecule has 0 aliphatic rings. The lowest BCUT2D eigenvalue weighted by molar-refractivity contribution is -0.122. The van der Waals surface area contributed by atoms with Crippen molar-refractivity contribution in [3.63, 3.8) is 0 Å². The van der Waals surface area contributed by atoms with Crippen LogP contribution in [0.3, 0.4) is 0 Å². The van der Waals surface area contributed by atoms with Crippen LogP contribution in [-0.4, -0.2) is 23.5 Å². The molecule has 1 amide bonds. The number of nitrogens with zero attached hydrogens (tertiary/aromatic N) is 1. The molecule has 0 spiro atoms. The fraction of sp³-hybridized carbons (Fsp3) is 0.636. The summed E-state index contributed by atoms with van der Waals surface area (Å²) in [6.07, 6.45) is 2.55. The van der Waals surface area contributed by atoms with Gasteiger partial charge in [0.15, 0.2) is 0 Å². The third-order valence-electron chi connectivity index (χ3n) is 2.25. The minimum absolute atomic E-state index is 0.00947. The van der Waals surface area contributed by atoms with Gasteiger partial charge in [0, 0.05) is 13.0 Å². The van der Waals surface area contributed by atoms with Gasteiger partial charge in [-0.05, 0) is 13.8 Å². The van der Waals surface area contributed by atoms with Crippen molar-refractivity contribution in [1.29, 1.82) is 0 Å². The Morgan fingerprint density at radius 2 is 2.31 bits per heavy atom. The maximum absolute atomic E-state index is 11.4. The van der Waals surface area contributed by atoms with E-state index < -0.39 is 0 Å². The van der Waals surface area contributed by atoms with Crippen molar-refractivity contribution in [1.82, 2.24) is 15.6 Å². The van der Waals surface area contributed by atoms with E-state index in [-0.39, 0.29) is 11.9 Å². The zero-order valence-electron chi connectivity index (χ0n) is 10.0. The van der Waals surface area contributed by atoms with Crippen LogP contribution in [0.25, 0.3) is 0 Å². The zero-order valence-corrected chi connectivity index (χ0v) is 10.0.